The van der Waals surface area contributed by atoms with Crippen molar-refractivity contribution in [3.8, 4) is 28.3 Å². The Morgan fingerprint density at radius 3 is 2.87 bits per heavy atom. The number of rotatable bonds is 10. The predicted molar refractivity (Wildman–Crippen MR) is 168 cm³/mol. The van der Waals surface area contributed by atoms with Gasteiger partial charge < -0.3 is 24.7 Å². The third-order valence-electron chi connectivity index (χ3n) is 7.64. The molecule has 1 atom stereocenters. The molecule has 5 aromatic rings. The Hall–Kier alpha value is -4.88. The Morgan fingerprint density at radius 2 is 2.07 bits per heavy atom. The Balaban J connectivity index is 1.55. The number of nitrogens with one attached hydrogen (secondary N) is 3. The number of hydrogen-bond acceptors (Lipinski definition) is 8. The highest BCUT2D eigenvalue weighted by Gasteiger charge is 2.29. The number of amides is 1. The Kier molecular flexibility index (Phi) is 8.46. The van der Waals surface area contributed by atoms with Gasteiger partial charge in [0.2, 0.25) is 11.5 Å². The van der Waals surface area contributed by atoms with E-state index in [0.29, 0.717) is 52.7 Å². The number of halogens is 2. The molecule has 1 aromatic carbocycles. The van der Waals surface area contributed by atoms with Gasteiger partial charge in [0.1, 0.15) is 41.2 Å². The highest BCUT2D eigenvalue weighted by Crippen LogP contribution is 2.47. The molecule has 1 unspecified atom stereocenters. The minimum absolute atomic E-state index is 0.00766. The quantitative estimate of drug-likeness (QED) is 0.142. The number of carbonyl (C=O) groups is 1. The number of thiophene rings is 1. The smallest absolute Gasteiger partial charge is 0.248 e. The lowest BCUT2D eigenvalue weighted by Crippen LogP contribution is -2.33. The zero-order chi connectivity index (χ0) is 31.7. The fourth-order valence-corrected chi connectivity index (χ4v) is 6.41. The summed E-state index contributed by atoms with van der Waals surface area (Å²) in [5, 5.41) is 13.0. The van der Waals surface area contributed by atoms with Gasteiger partial charge in [-0.2, -0.15) is 5.10 Å². The Labute approximate surface area is 260 Å². The van der Waals surface area contributed by atoms with Crippen LogP contribution in [0.4, 0.5) is 14.6 Å². The van der Waals surface area contributed by atoms with Crippen molar-refractivity contribution < 1.29 is 23.0 Å². The molecule has 0 radical (unpaired) electrons. The molecule has 10 nitrogen and oxygen atoms in total. The minimum Gasteiger partial charge on any atom is -0.490 e. The Morgan fingerprint density at radius 1 is 1.22 bits per heavy atom. The van der Waals surface area contributed by atoms with Gasteiger partial charge in [-0.05, 0) is 36.1 Å². The molecule has 3 N–H and O–H groups in total. The average Bonchev–Trinajstić information content (AvgIpc) is 3.71. The maximum atomic E-state index is 15.9. The van der Waals surface area contributed by atoms with Gasteiger partial charge >= 0.3 is 0 Å². The van der Waals surface area contributed by atoms with Crippen molar-refractivity contribution in [1.29, 1.82) is 0 Å². The van der Waals surface area contributed by atoms with Crippen molar-refractivity contribution in [2.45, 2.75) is 25.9 Å². The van der Waals surface area contributed by atoms with E-state index in [2.05, 4.69) is 32.0 Å². The van der Waals surface area contributed by atoms with Crippen LogP contribution in [-0.4, -0.2) is 52.9 Å². The van der Waals surface area contributed by atoms with Gasteiger partial charge in [-0.15, -0.1) is 11.3 Å². The van der Waals surface area contributed by atoms with Crippen molar-refractivity contribution in [2.75, 3.05) is 31.8 Å². The fraction of sp³-hybridized carbons (Fsp3) is 0.250. The van der Waals surface area contributed by atoms with Gasteiger partial charge in [-0.1, -0.05) is 12.6 Å². The molecule has 13 heteroatoms. The van der Waals surface area contributed by atoms with E-state index in [1.54, 1.807) is 13.0 Å². The number of pyridine rings is 2. The lowest BCUT2D eigenvalue weighted by molar-refractivity contribution is -0.117. The molecule has 0 spiro atoms. The van der Waals surface area contributed by atoms with Crippen LogP contribution in [0.2, 0.25) is 0 Å². The van der Waals surface area contributed by atoms with Gasteiger partial charge in [-0.3, -0.25) is 14.7 Å². The molecular formula is C32H30F2N6O4S. The number of H-pyrrole nitrogens is 2. The zero-order valence-corrected chi connectivity index (χ0v) is 25.4. The van der Waals surface area contributed by atoms with Crippen LogP contribution in [0.25, 0.3) is 32.6 Å². The normalized spacial score (nSPS) is 13.5. The minimum atomic E-state index is -0.814. The van der Waals surface area contributed by atoms with Crippen LogP contribution in [0.15, 0.2) is 59.2 Å². The van der Waals surface area contributed by atoms with E-state index in [4.69, 9.17) is 14.5 Å². The van der Waals surface area contributed by atoms with Crippen molar-refractivity contribution in [1.82, 2.24) is 25.5 Å². The number of anilines is 1. The predicted octanol–water partition coefficient (Wildman–Crippen LogP) is 5.27. The van der Waals surface area contributed by atoms with Crippen LogP contribution in [0.3, 0.4) is 0 Å². The van der Waals surface area contributed by atoms with E-state index >= 15 is 4.39 Å². The summed E-state index contributed by atoms with van der Waals surface area (Å²) in [6, 6.07) is 8.51. The summed E-state index contributed by atoms with van der Waals surface area (Å²) in [5.74, 6) is -1.28. The number of carbonyl (C=O) groups excluding carboxylic acids is 1. The highest BCUT2D eigenvalue weighted by atomic mass is 32.1. The first kappa shape index (κ1) is 30.2. The second-order valence-electron chi connectivity index (χ2n) is 10.6. The van der Waals surface area contributed by atoms with Gasteiger partial charge in [0.25, 0.3) is 0 Å². The monoisotopic (exact) mass is 632 g/mol. The number of nitrogens with zero attached hydrogens (tertiary/aromatic N) is 3. The number of fused-ring (bicyclic) bond motifs is 2. The molecule has 6 rings (SSSR count). The van der Waals surface area contributed by atoms with E-state index < -0.39 is 17.7 Å². The van der Waals surface area contributed by atoms with Crippen molar-refractivity contribution in [2.24, 2.45) is 0 Å². The van der Waals surface area contributed by atoms with Crippen LogP contribution >= 0.6 is 11.3 Å². The van der Waals surface area contributed by atoms with E-state index in [-0.39, 0.29) is 36.0 Å². The SMILES string of the molecule is C=CC(=O)NC(C)c1cc(-c2nc(N3CCc4[nH]c(=O)ccc4C3)c3ccsc3c2-c2c(F)cc(F)cc2OCCOC)n[nH]1. The molecule has 45 heavy (non-hydrogen) atoms. The molecule has 232 valence electrons. The van der Waals surface area contributed by atoms with Crippen molar-refractivity contribution >= 4 is 33.1 Å². The van der Waals surface area contributed by atoms with E-state index in [1.807, 2.05) is 17.5 Å². The lowest BCUT2D eigenvalue weighted by Gasteiger charge is -2.30. The first-order valence-electron chi connectivity index (χ1n) is 14.2. The summed E-state index contributed by atoms with van der Waals surface area (Å²) in [4.78, 5) is 34.0. The largest absolute Gasteiger partial charge is 0.490 e. The maximum Gasteiger partial charge on any atom is 0.248 e. The number of ether oxygens (including phenoxy) is 2. The summed E-state index contributed by atoms with van der Waals surface area (Å²) < 4.78 is 42.1. The van der Waals surface area contributed by atoms with Gasteiger partial charge in [0.05, 0.1) is 23.9 Å². The van der Waals surface area contributed by atoms with Crippen molar-refractivity contribution in [3.05, 3.63) is 93.4 Å². The summed E-state index contributed by atoms with van der Waals surface area (Å²) >= 11 is 1.40. The Bertz CT molecular complexity index is 1970. The molecule has 4 aromatic heterocycles. The average molecular weight is 633 g/mol. The lowest BCUT2D eigenvalue weighted by atomic mass is 9.98. The number of aromatic nitrogens is 4. The van der Waals surface area contributed by atoms with Crippen LogP contribution in [0.5, 0.6) is 5.75 Å². The van der Waals surface area contributed by atoms with Crippen LogP contribution in [-0.2, 0) is 22.5 Å². The molecule has 1 aliphatic heterocycles. The first-order valence-corrected chi connectivity index (χ1v) is 15.1. The second-order valence-corrected chi connectivity index (χ2v) is 11.5. The van der Waals surface area contributed by atoms with Gasteiger partial charge in [-0.25, -0.2) is 13.8 Å². The molecule has 0 aliphatic carbocycles. The number of methoxy groups -OCH3 is 1. The third-order valence-corrected chi connectivity index (χ3v) is 8.57. The van der Waals surface area contributed by atoms with Crippen LogP contribution in [0, 0.1) is 11.6 Å². The number of benzene rings is 1. The van der Waals surface area contributed by atoms with E-state index in [1.165, 1.54) is 30.6 Å². The topological polar surface area (TPSA) is 125 Å². The molecule has 0 bridgehead atoms. The fourth-order valence-electron chi connectivity index (χ4n) is 5.47. The zero-order valence-electron chi connectivity index (χ0n) is 24.6. The summed E-state index contributed by atoms with van der Waals surface area (Å²) in [5.41, 5.74) is 3.49. The van der Waals surface area contributed by atoms with Crippen molar-refractivity contribution in [3.63, 3.8) is 0 Å². The molecule has 1 aliphatic rings. The standard InChI is InChI=1S/C32H30F2N6O4S/c1-4-26(41)35-17(2)23-15-24(39-38-23)30-29(28-21(34)13-19(33)14-25(28)44-11-10-43-3)31-20(8-12-45-31)32(37-30)40-9-7-22-18(16-40)5-6-27(42)36-22/h4-6,8,12-15,17H,1,7,9-11,16H2,2-3H3,(H,35,41)(H,36,42)(H,38,39). The number of aromatic amines is 2. The second kappa shape index (κ2) is 12.6. The highest BCUT2D eigenvalue weighted by molar-refractivity contribution is 7.18. The molecule has 1 amide bonds. The van der Waals surface area contributed by atoms with E-state index in [9.17, 15) is 14.0 Å². The van der Waals surface area contributed by atoms with Crippen LogP contribution < -0.4 is 20.5 Å². The summed E-state index contributed by atoms with van der Waals surface area (Å²) in [6.45, 7) is 6.65. The number of hydrogen-bond donors (Lipinski definition) is 3. The molecular weight excluding hydrogens is 602 g/mol. The first-order chi connectivity index (χ1) is 21.8. The van der Waals surface area contributed by atoms with Gasteiger partial charge in [0, 0.05) is 66.2 Å². The molecule has 0 saturated carbocycles. The van der Waals surface area contributed by atoms with Gasteiger partial charge in [0.15, 0.2) is 0 Å². The van der Waals surface area contributed by atoms with E-state index in [0.717, 1.165) is 28.8 Å². The maximum absolute atomic E-state index is 15.9. The van der Waals surface area contributed by atoms with Crippen LogP contribution in [0.1, 0.15) is 29.9 Å². The third kappa shape index (κ3) is 5.96. The molecule has 0 fully saturated rings. The summed E-state index contributed by atoms with van der Waals surface area (Å²) in [7, 11) is 1.51. The summed E-state index contributed by atoms with van der Waals surface area (Å²) in [6.07, 6.45) is 1.78. The molecule has 5 heterocycles. The molecule has 0 saturated heterocycles.